The summed E-state index contributed by atoms with van der Waals surface area (Å²) >= 11 is 0. The Morgan fingerprint density at radius 3 is 1.35 bits per heavy atom. The number of phosphoric acid groups is 1. The molecule has 0 aliphatic rings. The molecule has 0 fully saturated rings. The number of amides is 1. The molecule has 0 aliphatic carbocycles. The van der Waals surface area contributed by atoms with Gasteiger partial charge in [-0.05, 0) is 51.4 Å². The number of aliphatic hydroxyl groups is 1. The number of unbranched alkanes of at least 4 members (excludes halogenated alkanes) is 29. The number of phosphoric ester groups is 1. The van der Waals surface area contributed by atoms with Crippen molar-refractivity contribution < 1.29 is 32.9 Å². The zero-order chi connectivity index (χ0) is 47.8. The van der Waals surface area contributed by atoms with Crippen molar-refractivity contribution in [1.82, 2.24) is 5.32 Å². The van der Waals surface area contributed by atoms with Crippen molar-refractivity contribution in [3.8, 4) is 0 Å². The van der Waals surface area contributed by atoms with Gasteiger partial charge in [-0.15, -0.1) is 0 Å². The van der Waals surface area contributed by atoms with Gasteiger partial charge >= 0.3 is 7.82 Å². The maximum Gasteiger partial charge on any atom is 0.472 e. The monoisotopic (exact) mass is 936 g/mol. The van der Waals surface area contributed by atoms with Gasteiger partial charge in [0, 0.05) is 6.42 Å². The number of hydrogen-bond donors (Lipinski definition) is 3. The molecule has 0 aromatic heterocycles. The highest BCUT2D eigenvalue weighted by Crippen LogP contribution is 2.43. The minimum Gasteiger partial charge on any atom is -0.391 e. The lowest BCUT2D eigenvalue weighted by molar-refractivity contribution is -0.870. The fraction of sp³-hybridized carbons (Fsp3) is 0.839. The van der Waals surface area contributed by atoms with Crippen LogP contribution >= 0.6 is 7.82 Å². The summed E-state index contributed by atoms with van der Waals surface area (Å²) in [6, 6.07) is -0.759. The fourth-order valence-corrected chi connectivity index (χ4v) is 8.77. The van der Waals surface area contributed by atoms with Crippen LogP contribution in [-0.2, 0) is 18.4 Å². The molecule has 0 aromatic carbocycles. The van der Waals surface area contributed by atoms with Gasteiger partial charge in [-0.2, -0.15) is 0 Å². The molecule has 3 N–H and O–H groups in total. The third-order valence-electron chi connectivity index (χ3n) is 12.3. The van der Waals surface area contributed by atoms with Crippen LogP contribution in [0.2, 0.25) is 0 Å². The number of allylic oxidation sites excluding steroid dienone is 8. The molecule has 9 heteroatoms. The molecule has 3 unspecified atom stereocenters. The Hall–Kier alpha value is -1.54. The van der Waals surface area contributed by atoms with Gasteiger partial charge in [0.1, 0.15) is 13.2 Å². The minimum atomic E-state index is -4.32. The predicted octanol–water partition coefficient (Wildman–Crippen LogP) is 16.4. The second-order valence-electron chi connectivity index (χ2n) is 19.9. The first-order valence-corrected chi connectivity index (χ1v) is 29.0. The van der Waals surface area contributed by atoms with Crippen LogP contribution < -0.4 is 5.32 Å². The molecule has 1 amide bonds. The van der Waals surface area contributed by atoms with Gasteiger partial charge < -0.3 is 19.8 Å². The van der Waals surface area contributed by atoms with E-state index < -0.39 is 20.0 Å². The third-order valence-corrected chi connectivity index (χ3v) is 13.3. The number of carbonyl (C=O) groups is 1. The second kappa shape index (κ2) is 47.5. The maximum absolute atomic E-state index is 13.0. The van der Waals surface area contributed by atoms with Crippen molar-refractivity contribution in [3.05, 3.63) is 48.6 Å². The molecule has 0 aromatic rings. The fourth-order valence-electron chi connectivity index (χ4n) is 8.04. The van der Waals surface area contributed by atoms with E-state index in [1.54, 1.807) is 0 Å². The largest absolute Gasteiger partial charge is 0.472 e. The Balaban J connectivity index is 4.01. The van der Waals surface area contributed by atoms with Crippen molar-refractivity contribution in [1.29, 1.82) is 0 Å². The predicted molar refractivity (Wildman–Crippen MR) is 281 cm³/mol. The van der Waals surface area contributed by atoms with Crippen LogP contribution in [0.4, 0.5) is 0 Å². The smallest absolute Gasteiger partial charge is 0.391 e. The first-order valence-electron chi connectivity index (χ1n) is 27.5. The van der Waals surface area contributed by atoms with E-state index in [0.717, 1.165) is 64.2 Å². The average Bonchev–Trinajstić information content (AvgIpc) is 3.26. The summed E-state index contributed by atoms with van der Waals surface area (Å²) in [7, 11) is 1.62. The van der Waals surface area contributed by atoms with Gasteiger partial charge in [0.05, 0.1) is 39.9 Å². The standard InChI is InChI=1S/C56H107N2O6P/c1-6-8-10-12-14-16-18-20-21-22-23-24-25-26-27-28-29-30-31-32-33-34-35-36-37-38-40-42-44-46-48-50-56(60)57-54(53-64-65(61,62)63-52-51-58(3,4)5)55(59)49-47-45-43-41-39-19-17-15-13-11-9-7-2/h8,10,14,16,20-21,23-24,54-55,59H,6-7,9,11-13,15,17-19,22,25-53H2,1-5H3,(H-,57,60,61,62)/p+1/b10-8-,16-14-,21-20-,24-23-. The first kappa shape index (κ1) is 63.5. The Morgan fingerprint density at radius 1 is 0.538 bits per heavy atom. The Bertz CT molecular complexity index is 1200. The molecular formula is C56H108N2O6P+. The molecule has 65 heavy (non-hydrogen) atoms. The third kappa shape index (κ3) is 50.2. The molecule has 0 rings (SSSR count). The van der Waals surface area contributed by atoms with Gasteiger partial charge in [-0.1, -0.05) is 242 Å². The summed E-state index contributed by atoms with van der Waals surface area (Å²) in [5.41, 5.74) is 0. The highest BCUT2D eigenvalue weighted by atomic mass is 31.2. The normalized spacial score (nSPS) is 14.4. The van der Waals surface area contributed by atoms with E-state index in [1.807, 2.05) is 21.1 Å². The lowest BCUT2D eigenvalue weighted by atomic mass is 10.0. The molecule has 0 radical (unpaired) electrons. The van der Waals surface area contributed by atoms with Gasteiger partial charge in [-0.25, -0.2) is 4.57 Å². The van der Waals surface area contributed by atoms with Gasteiger partial charge in [-0.3, -0.25) is 13.8 Å². The first-order chi connectivity index (χ1) is 31.5. The lowest BCUT2D eigenvalue weighted by Gasteiger charge is -2.26. The maximum atomic E-state index is 13.0. The molecule has 0 bridgehead atoms. The van der Waals surface area contributed by atoms with Crippen LogP contribution in [0, 0.1) is 0 Å². The van der Waals surface area contributed by atoms with Crippen LogP contribution in [0.15, 0.2) is 48.6 Å². The minimum absolute atomic E-state index is 0.0752. The van der Waals surface area contributed by atoms with Crippen molar-refractivity contribution in [3.63, 3.8) is 0 Å². The zero-order valence-corrected chi connectivity index (χ0v) is 44.4. The highest BCUT2D eigenvalue weighted by molar-refractivity contribution is 7.47. The Kier molecular flexibility index (Phi) is 46.4. The number of aliphatic hydroxyl groups excluding tert-OH is 1. The van der Waals surface area contributed by atoms with E-state index in [1.165, 1.54) is 161 Å². The Labute approximate surface area is 403 Å². The van der Waals surface area contributed by atoms with Crippen LogP contribution in [-0.4, -0.2) is 73.4 Å². The van der Waals surface area contributed by atoms with Crippen LogP contribution in [0.5, 0.6) is 0 Å². The number of hydrogen-bond acceptors (Lipinski definition) is 5. The molecule has 0 spiro atoms. The number of nitrogens with zero attached hydrogens (tertiary/aromatic N) is 1. The molecule has 0 heterocycles. The van der Waals surface area contributed by atoms with Crippen molar-refractivity contribution in [2.45, 2.75) is 264 Å². The average molecular weight is 936 g/mol. The number of nitrogens with one attached hydrogen (secondary N) is 1. The van der Waals surface area contributed by atoms with Gasteiger partial charge in [0.25, 0.3) is 0 Å². The van der Waals surface area contributed by atoms with Gasteiger partial charge in [0.2, 0.25) is 5.91 Å². The summed E-state index contributed by atoms with van der Waals surface area (Å²) in [5.74, 6) is -0.143. The van der Waals surface area contributed by atoms with Crippen molar-refractivity contribution >= 4 is 13.7 Å². The van der Waals surface area contributed by atoms with Crippen molar-refractivity contribution in [2.24, 2.45) is 0 Å². The van der Waals surface area contributed by atoms with E-state index in [0.29, 0.717) is 23.9 Å². The van der Waals surface area contributed by atoms with Crippen LogP contribution in [0.1, 0.15) is 251 Å². The number of quaternary nitrogens is 1. The van der Waals surface area contributed by atoms with E-state index in [9.17, 15) is 19.4 Å². The molecule has 8 nitrogen and oxygen atoms in total. The zero-order valence-electron chi connectivity index (χ0n) is 43.5. The summed E-state index contributed by atoms with van der Waals surface area (Å²) in [4.78, 5) is 23.2. The quantitative estimate of drug-likeness (QED) is 0.0243. The van der Waals surface area contributed by atoms with Crippen molar-refractivity contribution in [2.75, 3.05) is 40.9 Å². The topological polar surface area (TPSA) is 105 Å². The number of rotatable bonds is 50. The van der Waals surface area contributed by atoms with E-state index in [2.05, 4.69) is 67.8 Å². The SMILES string of the molecule is CC/C=C\C/C=C\C/C=C\C/C=C\CCCCCCCCCCCCCCCCCCCCC(=O)NC(COP(=O)(O)OCC[N+](C)(C)C)C(O)CCCCCCCCCCCCCC. The molecule has 0 aliphatic heterocycles. The summed E-state index contributed by atoms with van der Waals surface area (Å²) in [6.07, 6.45) is 61.7. The summed E-state index contributed by atoms with van der Waals surface area (Å²) < 4.78 is 23.7. The molecule has 0 saturated carbocycles. The highest BCUT2D eigenvalue weighted by Gasteiger charge is 2.28. The molecule has 3 atom stereocenters. The number of carbonyl (C=O) groups excluding carboxylic acids is 1. The molecular weight excluding hydrogens is 828 g/mol. The van der Waals surface area contributed by atoms with Gasteiger partial charge in [0.15, 0.2) is 0 Å². The van der Waals surface area contributed by atoms with Crippen LogP contribution in [0.25, 0.3) is 0 Å². The Morgan fingerprint density at radius 2 is 0.923 bits per heavy atom. The lowest BCUT2D eigenvalue weighted by Crippen LogP contribution is -2.46. The molecule has 0 saturated heterocycles. The summed E-state index contributed by atoms with van der Waals surface area (Å²) in [6.45, 7) is 4.78. The second-order valence-corrected chi connectivity index (χ2v) is 21.4. The van der Waals surface area contributed by atoms with E-state index in [-0.39, 0.29) is 19.1 Å². The summed E-state index contributed by atoms with van der Waals surface area (Å²) in [5, 5.41) is 14.0. The van der Waals surface area contributed by atoms with E-state index >= 15 is 0 Å². The molecule has 382 valence electrons. The van der Waals surface area contributed by atoms with E-state index in [4.69, 9.17) is 9.05 Å². The number of likely N-dealkylation sites (N-methyl/N-ethyl adjacent to an activating group) is 1. The van der Waals surface area contributed by atoms with Crippen LogP contribution in [0.3, 0.4) is 0 Å².